The molecule has 0 radical (unpaired) electrons. The number of hydrogen-bond acceptors (Lipinski definition) is 2. The molecule has 0 unspecified atom stereocenters. The predicted octanol–water partition coefficient (Wildman–Crippen LogP) is 0.899. The Hall–Kier alpha value is -1.26. The van der Waals surface area contributed by atoms with E-state index in [1.54, 1.807) is 4.90 Å². The molecule has 5 heteroatoms. The van der Waals surface area contributed by atoms with Crippen LogP contribution in [0.4, 0.5) is 4.79 Å². The van der Waals surface area contributed by atoms with Crippen molar-refractivity contribution in [3.8, 4) is 0 Å². The van der Waals surface area contributed by atoms with Crippen LogP contribution in [0.1, 0.15) is 27.7 Å². The quantitative estimate of drug-likeness (QED) is 0.711. The van der Waals surface area contributed by atoms with Crippen molar-refractivity contribution in [1.29, 1.82) is 0 Å². The number of carboxylic acid groups (broad SMARTS) is 1. The van der Waals surface area contributed by atoms with Gasteiger partial charge in [0, 0.05) is 12.6 Å². The molecule has 2 amide bonds. The first kappa shape index (κ1) is 12.7. The molecule has 0 aromatic heterocycles. The lowest BCUT2D eigenvalue weighted by Crippen LogP contribution is -2.48. The molecule has 1 atom stereocenters. The van der Waals surface area contributed by atoms with E-state index in [0.717, 1.165) is 0 Å². The SMILES string of the molecule is CCN(C(=O)N[C@@H](C)C(=O)O)C(C)C. The second-order valence-electron chi connectivity index (χ2n) is 3.39. The fraction of sp³-hybridized carbons (Fsp3) is 0.778. The summed E-state index contributed by atoms with van der Waals surface area (Å²) in [5, 5.41) is 11.0. The van der Waals surface area contributed by atoms with Gasteiger partial charge in [-0.2, -0.15) is 0 Å². The second kappa shape index (κ2) is 5.47. The van der Waals surface area contributed by atoms with Gasteiger partial charge in [0.15, 0.2) is 0 Å². The van der Waals surface area contributed by atoms with Gasteiger partial charge in [-0.05, 0) is 27.7 Å². The monoisotopic (exact) mass is 202 g/mol. The highest BCUT2D eigenvalue weighted by molar-refractivity contribution is 5.82. The minimum absolute atomic E-state index is 0.0704. The van der Waals surface area contributed by atoms with Crippen LogP contribution in [-0.2, 0) is 4.79 Å². The Morgan fingerprint density at radius 3 is 2.14 bits per heavy atom. The fourth-order valence-electron chi connectivity index (χ4n) is 1.07. The first-order chi connectivity index (χ1) is 6.40. The van der Waals surface area contributed by atoms with E-state index in [0.29, 0.717) is 6.54 Å². The minimum atomic E-state index is -1.03. The largest absolute Gasteiger partial charge is 0.480 e. The zero-order valence-corrected chi connectivity index (χ0v) is 9.07. The zero-order valence-electron chi connectivity index (χ0n) is 9.07. The smallest absolute Gasteiger partial charge is 0.325 e. The van der Waals surface area contributed by atoms with Crippen molar-refractivity contribution in [2.75, 3.05) is 6.54 Å². The molecule has 0 bridgehead atoms. The number of nitrogens with one attached hydrogen (secondary N) is 1. The summed E-state index contributed by atoms with van der Waals surface area (Å²) in [4.78, 5) is 23.5. The van der Waals surface area contributed by atoms with Gasteiger partial charge in [-0.15, -0.1) is 0 Å². The molecular formula is C9H18N2O3. The van der Waals surface area contributed by atoms with Crippen molar-refractivity contribution < 1.29 is 14.7 Å². The van der Waals surface area contributed by atoms with Crippen LogP contribution < -0.4 is 5.32 Å². The highest BCUT2D eigenvalue weighted by Gasteiger charge is 2.19. The lowest BCUT2D eigenvalue weighted by Gasteiger charge is -2.26. The standard InChI is InChI=1S/C9H18N2O3/c1-5-11(6(2)3)9(14)10-7(4)8(12)13/h6-7H,5H2,1-4H3,(H,10,14)(H,12,13)/t7-/m0/s1. The molecule has 0 saturated carbocycles. The number of amides is 2. The summed E-state index contributed by atoms with van der Waals surface area (Å²) in [6, 6.07) is -1.12. The molecule has 0 fully saturated rings. The third kappa shape index (κ3) is 3.64. The summed E-state index contributed by atoms with van der Waals surface area (Å²) in [5.41, 5.74) is 0. The van der Waals surface area contributed by atoms with Crippen molar-refractivity contribution in [2.24, 2.45) is 0 Å². The van der Waals surface area contributed by atoms with Crippen molar-refractivity contribution in [2.45, 2.75) is 39.8 Å². The van der Waals surface area contributed by atoms with E-state index in [1.165, 1.54) is 6.92 Å². The topological polar surface area (TPSA) is 69.6 Å². The van der Waals surface area contributed by atoms with Crippen LogP contribution in [0.25, 0.3) is 0 Å². The number of hydrogen-bond donors (Lipinski definition) is 2. The van der Waals surface area contributed by atoms with Crippen LogP contribution in [-0.4, -0.2) is 40.6 Å². The number of carboxylic acids is 1. The van der Waals surface area contributed by atoms with E-state index in [9.17, 15) is 9.59 Å². The Morgan fingerprint density at radius 2 is 1.86 bits per heavy atom. The molecule has 0 aliphatic rings. The first-order valence-electron chi connectivity index (χ1n) is 4.70. The highest BCUT2D eigenvalue weighted by atomic mass is 16.4. The molecule has 0 aromatic carbocycles. The van der Waals surface area contributed by atoms with E-state index in [-0.39, 0.29) is 12.1 Å². The third-order valence-electron chi connectivity index (χ3n) is 1.94. The van der Waals surface area contributed by atoms with Gasteiger partial charge in [-0.3, -0.25) is 4.79 Å². The number of carbonyl (C=O) groups excluding carboxylic acids is 1. The van der Waals surface area contributed by atoms with Gasteiger partial charge < -0.3 is 15.3 Å². The summed E-state index contributed by atoms with van der Waals surface area (Å²) in [6.07, 6.45) is 0. The average Bonchev–Trinajstić information content (AvgIpc) is 2.04. The number of urea groups is 1. The molecule has 82 valence electrons. The van der Waals surface area contributed by atoms with Crippen molar-refractivity contribution in [3.63, 3.8) is 0 Å². The molecule has 0 rings (SSSR count). The van der Waals surface area contributed by atoms with E-state index in [1.807, 2.05) is 20.8 Å². The van der Waals surface area contributed by atoms with Crippen LogP contribution in [0, 0.1) is 0 Å². The van der Waals surface area contributed by atoms with Crippen LogP contribution in [0.15, 0.2) is 0 Å². The highest BCUT2D eigenvalue weighted by Crippen LogP contribution is 1.98. The Kier molecular flexibility index (Phi) is 4.97. The number of carbonyl (C=O) groups is 2. The average molecular weight is 202 g/mol. The molecule has 14 heavy (non-hydrogen) atoms. The van der Waals surface area contributed by atoms with Gasteiger partial charge in [0.25, 0.3) is 0 Å². The van der Waals surface area contributed by atoms with Gasteiger partial charge in [-0.1, -0.05) is 0 Å². The molecule has 0 aliphatic carbocycles. The summed E-state index contributed by atoms with van der Waals surface area (Å²) < 4.78 is 0. The lowest BCUT2D eigenvalue weighted by atomic mass is 10.3. The zero-order chi connectivity index (χ0) is 11.3. The Labute approximate surface area is 84.1 Å². The van der Waals surface area contributed by atoms with E-state index in [2.05, 4.69) is 5.32 Å². The van der Waals surface area contributed by atoms with Crippen LogP contribution in [0.2, 0.25) is 0 Å². The maximum atomic E-state index is 11.5. The maximum Gasteiger partial charge on any atom is 0.325 e. The first-order valence-corrected chi connectivity index (χ1v) is 4.70. The van der Waals surface area contributed by atoms with Gasteiger partial charge >= 0.3 is 12.0 Å². The van der Waals surface area contributed by atoms with Crippen LogP contribution in [0.5, 0.6) is 0 Å². The lowest BCUT2D eigenvalue weighted by molar-refractivity contribution is -0.138. The normalized spacial score (nSPS) is 12.4. The summed E-state index contributed by atoms with van der Waals surface area (Å²) >= 11 is 0. The molecule has 2 N–H and O–H groups in total. The van der Waals surface area contributed by atoms with Crippen molar-refractivity contribution >= 4 is 12.0 Å². The Balaban J connectivity index is 4.24. The van der Waals surface area contributed by atoms with Crippen LogP contribution >= 0.6 is 0 Å². The molecule has 5 nitrogen and oxygen atoms in total. The van der Waals surface area contributed by atoms with Gasteiger partial charge in [0.05, 0.1) is 0 Å². The van der Waals surface area contributed by atoms with E-state index >= 15 is 0 Å². The van der Waals surface area contributed by atoms with Crippen molar-refractivity contribution in [1.82, 2.24) is 10.2 Å². The number of aliphatic carboxylic acids is 1. The molecular weight excluding hydrogens is 184 g/mol. The Morgan fingerprint density at radius 1 is 1.36 bits per heavy atom. The van der Waals surface area contributed by atoms with Crippen molar-refractivity contribution in [3.05, 3.63) is 0 Å². The summed E-state index contributed by atoms with van der Waals surface area (Å²) in [6.45, 7) is 7.62. The van der Waals surface area contributed by atoms with Gasteiger partial charge in [-0.25, -0.2) is 4.79 Å². The minimum Gasteiger partial charge on any atom is -0.480 e. The fourth-order valence-corrected chi connectivity index (χ4v) is 1.07. The molecule has 0 aliphatic heterocycles. The molecule has 0 heterocycles. The van der Waals surface area contributed by atoms with Crippen LogP contribution in [0.3, 0.4) is 0 Å². The number of rotatable bonds is 4. The third-order valence-corrected chi connectivity index (χ3v) is 1.94. The Bertz CT molecular complexity index is 216. The second-order valence-corrected chi connectivity index (χ2v) is 3.39. The number of nitrogens with zero attached hydrogens (tertiary/aromatic N) is 1. The van der Waals surface area contributed by atoms with Gasteiger partial charge in [0.1, 0.15) is 6.04 Å². The van der Waals surface area contributed by atoms with E-state index < -0.39 is 12.0 Å². The van der Waals surface area contributed by atoms with E-state index in [4.69, 9.17) is 5.11 Å². The molecule has 0 spiro atoms. The molecule has 0 aromatic rings. The summed E-state index contributed by atoms with van der Waals surface area (Å²) in [7, 11) is 0. The maximum absolute atomic E-state index is 11.5. The van der Waals surface area contributed by atoms with Gasteiger partial charge in [0.2, 0.25) is 0 Å². The molecule has 0 saturated heterocycles. The summed E-state index contributed by atoms with van der Waals surface area (Å²) in [5.74, 6) is -1.03. The predicted molar refractivity (Wildman–Crippen MR) is 53.1 cm³/mol.